The topological polar surface area (TPSA) is 70.1 Å². The Labute approximate surface area is 134 Å². The van der Waals surface area contributed by atoms with Crippen molar-refractivity contribution in [1.29, 1.82) is 0 Å². The first kappa shape index (κ1) is 18.2. The van der Waals surface area contributed by atoms with Crippen LogP contribution in [0, 0.1) is 0 Å². The number of rotatable bonds is 4. The van der Waals surface area contributed by atoms with Gasteiger partial charge in [-0.1, -0.05) is 15.9 Å². The number of carbonyl (C=O) groups excluding carboxylic acids is 2. The number of aliphatic hydroxyl groups is 1. The summed E-state index contributed by atoms with van der Waals surface area (Å²) in [4.78, 5) is 27.2. The average molecular weight is 365 g/mol. The molecule has 0 bridgehead atoms. The zero-order valence-electron chi connectivity index (χ0n) is 13.0. The lowest BCUT2D eigenvalue weighted by Crippen LogP contribution is -2.50. The Morgan fingerprint density at radius 3 is 2.33 bits per heavy atom. The SMILES string of the molecule is CC(C)(C)OC(=O)N1CCC(N(CCO)C(=O)CBr)CC1. The van der Waals surface area contributed by atoms with Gasteiger partial charge in [-0.3, -0.25) is 4.79 Å². The van der Waals surface area contributed by atoms with E-state index in [0.717, 1.165) is 0 Å². The van der Waals surface area contributed by atoms with Crippen molar-refractivity contribution in [2.75, 3.05) is 31.6 Å². The predicted molar refractivity (Wildman–Crippen MR) is 83.4 cm³/mol. The molecule has 0 aliphatic carbocycles. The second kappa shape index (κ2) is 7.98. The average Bonchev–Trinajstić information content (AvgIpc) is 2.42. The molecule has 1 N–H and O–H groups in total. The molecule has 0 atom stereocenters. The molecule has 7 heteroatoms. The van der Waals surface area contributed by atoms with Crippen molar-refractivity contribution in [2.24, 2.45) is 0 Å². The standard InChI is InChI=1S/C14H25BrN2O4/c1-14(2,3)21-13(20)16-6-4-11(5-7-16)17(8-9-18)12(19)10-15/h11,18H,4-10H2,1-3H3. The highest BCUT2D eigenvalue weighted by Crippen LogP contribution is 2.19. The molecule has 122 valence electrons. The van der Waals surface area contributed by atoms with Gasteiger partial charge in [-0.15, -0.1) is 0 Å². The fourth-order valence-corrected chi connectivity index (χ4v) is 2.70. The summed E-state index contributed by atoms with van der Waals surface area (Å²) in [6, 6.07) is 0.0703. The Hall–Kier alpha value is -0.820. The summed E-state index contributed by atoms with van der Waals surface area (Å²) in [6.07, 6.45) is 1.11. The quantitative estimate of drug-likeness (QED) is 0.769. The minimum absolute atomic E-state index is 0.0280. The molecule has 1 aliphatic rings. The van der Waals surface area contributed by atoms with Gasteiger partial charge in [0.2, 0.25) is 5.91 Å². The maximum Gasteiger partial charge on any atom is 0.410 e. The van der Waals surface area contributed by atoms with Crippen LogP contribution in [0.4, 0.5) is 4.79 Å². The molecule has 21 heavy (non-hydrogen) atoms. The maximum atomic E-state index is 12.0. The molecule has 6 nitrogen and oxygen atoms in total. The van der Waals surface area contributed by atoms with Gasteiger partial charge >= 0.3 is 6.09 Å². The van der Waals surface area contributed by atoms with Crippen LogP contribution in [-0.2, 0) is 9.53 Å². The third-order valence-electron chi connectivity index (χ3n) is 3.33. The van der Waals surface area contributed by atoms with Gasteiger partial charge < -0.3 is 19.6 Å². The van der Waals surface area contributed by atoms with Crippen LogP contribution in [-0.4, -0.2) is 70.1 Å². The Bertz CT molecular complexity index is 362. The van der Waals surface area contributed by atoms with E-state index in [1.807, 2.05) is 20.8 Å². The van der Waals surface area contributed by atoms with Crippen molar-refractivity contribution in [1.82, 2.24) is 9.80 Å². The van der Waals surface area contributed by atoms with Gasteiger partial charge in [0.05, 0.1) is 11.9 Å². The van der Waals surface area contributed by atoms with E-state index in [0.29, 0.717) is 32.5 Å². The van der Waals surface area contributed by atoms with Gasteiger partial charge in [-0.25, -0.2) is 4.79 Å². The fraction of sp³-hybridized carbons (Fsp3) is 0.857. The fourth-order valence-electron chi connectivity index (χ4n) is 2.38. The molecule has 1 aliphatic heterocycles. The van der Waals surface area contributed by atoms with E-state index in [1.165, 1.54) is 0 Å². The van der Waals surface area contributed by atoms with E-state index in [4.69, 9.17) is 9.84 Å². The molecule has 1 rings (SSSR count). The van der Waals surface area contributed by atoms with E-state index in [1.54, 1.807) is 9.80 Å². The first-order chi connectivity index (χ1) is 9.78. The number of nitrogens with zero attached hydrogens (tertiary/aromatic N) is 2. The lowest BCUT2D eigenvalue weighted by Gasteiger charge is -2.38. The third kappa shape index (κ3) is 5.82. The molecule has 0 aromatic rings. The predicted octanol–water partition coefficient (Wildman–Crippen LogP) is 1.60. The Morgan fingerprint density at radius 2 is 1.90 bits per heavy atom. The normalized spacial score (nSPS) is 16.7. The van der Waals surface area contributed by atoms with Crippen LogP contribution in [0.15, 0.2) is 0 Å². The van der Waals surface area contributed by atoms with Crippen LogP contribution in [0.5, 0.6) is 0 Å². The molecule has 0 aromatic heterocycles. The largest absolute Gasteiger partial charge is 0.444 e. The molecule has 1 saturated heterocycles. The zero-order chi connectivity index (χ0) is 16.0. The van der Waals surface area contributed by atoms with Crippen LogP contribution >= 0.6 is 15.9 Å². The number of hydrogen-bond acceptors (Lipinski definition) is 4. The Balaban J connectivity index is 2.54. The molecule has 2 amide bonds. The highest BCUT2D eigenvalue weighted by atomic mass is 79.9. The van der Waals surface area contributed by atoms with Crippen LogP contribution in [0.2, 0.25) is 0 Å². The van der Waals surface area contributed by atoms with E-state index in [2.05, 4.69) is 15.9 Å². The number of halogens is 1. The number of hydrogen-bond donors (Lipinski definition) is 1. The van der Waals surface area contributed by atoms with Gasteiger partial charge in [-0.05, 0) is 33.6 Å². The molecule has 1 fully saturated rings. The highest BCUT2D eigenvalue weighted by Gasteiger charge is 2.30. The Kier molecular flexibility index (Phi) is 6.93. The minimum atomic E-state index is -0.497. The van der Waals surface area contributed by atoms with E-state index < -0.39 is 5.60 Å². The van der Waals surface area contributed by atoms with Crippen molar-refractivity contribution >= 4 is 27.9 Å². The number of ether oxygens (including phenoxy) is 1. The van der Waals surface area contributed by atoms with Gasteiger partial charge in [0.1, 0.15) is 5.60 Å². The van der Waals surface area contributed by atoms with Crippen molar-refractivity contribution in [3.05, 3.63) is 0 Å². The lowest BCUT2D eigenvalue weighted by atomic mass is 10.0. The molecule has 0 unspecified atom stereocenters. The molecule has 0 radical (unpaired) electrons. The van der Waals surface area contributed by atoms with Gasteiger partial charge in [0.25, 0.3) is 0 Å². The Morgan fingerprint density at radius 1 is 1.33 bits per heavy atom. The molecule has 0 aromatic carbocycles. The summed E-state index contributed by atoms with van der Waals surface area (Å²) in [6.45, 7) is 6.95. The second-order valence-corrected chi connectivity index (χ2v) is 6.70. The van der Waals surface area contributed by atoms with Crippen molar-refractivity contribution in [3.8, 4) is 0 Å². The summed E-state index contributed by atoms with van der Waals surface area (Å²) < 4.78 is 5.35. The number of alkyl halides is 1. The van der Waals surface area contributed by atoms with Crippen molar-refractivity contribution in [2.45, 2.75) is 45.3 Å². The first-order valence-corrected chi connectivity index (χ1v) is 8.35. The number of piperidine rings is 1. The second-order valence-electron chi connectivity index (χ2n) is 6.14. The van der Waals surface area contributed by atoms with Crippen molar-refractivity contribution in [3.63, 3.8) is 0 Å². The maximum absolute atomic E-state index is 12.0. The van der Waals surface area contributed by atoms with Gasteiger partial charge in [-0.2, -0.15) is 0 Å². The van der Waals surface area contributed by atoms with E-state index in [-0.39, 0.29) is 30.0 Å². The highest BCUT2D eigenvalue weighted by molar-refractivity contribution is 9.09. The number of carbonyl (C=O) groups is 2. The summed E-state index contributed by atoms with van der Waals surface area (Å²) >= 11 is 3.16. The minimum Gasteiger partial charge on any atom is -0.444 e. The first-order valence-electron chi connectivity index (χ1n) is 7.22. The molecular formula is C14H25BrN2O4. The third-order valence-corrected chi connectivity index (χ3v) is 3.81. The summed E-state index contributed by atoms with van der Waals surface area (Å²) in [5.41, 5.74) is -0.497. The number of likely N-dealkylation sites (tertiary alicyclic amines) is 1. The van der Waals surface area contributed by atoms with Crippen LogP contribution in [0.25, 0.3) is 0 Å². The van der Waals surface area contributed by atoms with Crippen LogP contribution in [0.1, 0.15) is 33.6 Å². The van der Waals surface area contributed by atoms with Gasteiger partial charge in [0, 0.05) is 25.7 Å². The summed E-state index contributed by atoms with van der Waals surface area (Å²) in [5.74, 6) is -0.0280. The smallest absolute Gasteiger partial charge is 0.410 e. The number of aliphatic hydroxyl groups excluding tert-OH is 1. The number of amides is 2. The molecule has 1 heterocycles. The summed E-state index contributed by atoms with van der Waals surface area (Å²) in [5, 5.41) is 9.34. The summed E-state index contributed by atoms with van der Waals surface area (Å²) in [7, 11) is 0. The van der Waals surface area contributed by atoms with E-state index >= 15 is 0 Å². The molecular weight excluding hydrogens is 340 g/mol. The zero-order valence-corrected chi connectivity index (χ0v) is 14.6. The monoisotopic (exact) mass is 364 g/mol. The van der Waals surface area contributed by atoms with Crippen molar-refractivity contribution < 1.29 is 19.4 Å². The molecule has 0 saturated carbocycles. The van der Waals surface area contributed by atoms with Gasteiger partial charge in [0.15, 0.2) is 0 Å². The van der Waals surface area contributed by atoms with Crippen LogP contribution in [0.3, 0.4) is 0 Å². The molecule has 0 spiro atoms. The van der Waals surface area contributed by atoms with E-state index in [9.17, 15) is 9.59 Å². The lowest BCUT2D eigenvalue weighted by molar-refractivity contribution is -0.132. The van der Waals surface area contributed by atoms with Crippen LogP contribution < -0.4 is 0 Å².